The summed E-state index contributed by atoms with van der Waals surface area (Å²) in [6.07, 6.45) is 24.8. The molecule has 0 radical (unpaired) electrons. The topological polar surface area (TPSA) is 44.2 Å². The molecule has 1 aromatic carbocycles. The van der Waals surface area contributed by atoms with Gasteiger partial charge in [0.25, 0.3) is 0 Å². The fraction of sp³-hybridized carbons (Fsp3) is 0.677. The van der Waals surface area contributed by atoms with Gasteiger partial charge in [0.15, 0.2) is 5.82 Å². The largest absolute Gasteiger partial charge is 0.494 e. The van der Waals surface area contributed by atoms with Crippen LogP contribution in [0.3, 0.4) is 0 Å². The Morgan fingerprint density at radius 3 is 2.09 bits per heavy atom. The Bertz CT molecular complexity index is 772. The zero-order chi connectivity index (χ0) is 24.4. The first-order valence-corrected chi connectivity index (χ1v) is 14.5. The van der Waals surface area contributed by atoms with E-state index in [0.717, 1.165) is 62.1 Å². The van der Waals surface area contributed by atoms with E-state index in [2.05, 4.69) is 16.9 Å². The highest BCUT2D eigenvalue weighted by molar-refractivity contribution is 5.55. The van der Waals surface area contributed by atoms with Gasteiger partial charge < -0.3 is 9.47 Å². The minimum absolute atomic E-state index is 0.730. The second-order valence-corrected chi connectivity index (χ2v) is 10.3. The van der Waals surface area contributed by atoms with Crippen molar-refractivity contribution in [3.63, 3.8) is 0 Å². The number of benzene rings is 1. The molecule has 0 bridgehead atoms. The van der Waals surface area contributed by atoms with E-state index >= 15 is 0 Å². The maximum absolute atomic E-state index is 5.90. The van der Waals surface area contributed by atoms with Crippen molar-refractivity contribution in [1.29, 1.82) is 0 Å². The fourth-order valence-electron chi connectivity index (χ4n) is 4.44. The van der Waals surface area contributed by atoms with Gasteiger partial charge >= 0.3 is 0 Å². The molecular formula is C31H48N2O2. The van der Waals surface area contributed by atoms with Crippen LogP contribution in [0.1, 0.15) is 109 Å². The average Bonchev–Trinajstić information content (AvgIpc) is 3.72. The number of nitrogens with zero attached hydrogens (tertiary/aromatic N) is 2. The number of ether oxygens (including phenoxy) is 2. The zero-order valence-corrected chi connectivity index (χ0v) is 22.2. The smallest absolute Gasteiger partial charge is 0.159 e. The van der Waals surface area contributed by atoms with Crippen LogP contribution < -0.4 is 4.74 Å². The molecule has 0 saturated heterocycles. The summed E-state index contributed by atoms with van der Waals surface area (Å²) in [7, 11) is 0. The van der Waals surface area contributed by atoms with E-state index in [1.54, 1.807) is 0 Å². The molecule has 35 heavy (non-hydrogen) atoms. The van der Waals surface area contributed by atoms with Crippen LogP contribution in [0.5, 0.6) is 5.75 Å². The van der Waals surface area contributed by atoms with E-state index in [1.807, 2.05) is 36.7 Å². The third kappa shape index (κ3) is 12.5. The first-order chi connectivity index (χ1) is 17.3. The summed E-state index contributed by atoms with van der Waals surface area (Å²) in [4.78, 5) is 9.16. The second kappa shape index (κ2) is 17.5. The lowest BCUT2D eigenvalue weighted by molar-refractivity contribution is 0.122. The highest BCUT2D eigenvalue weighted by atomic mass is 16.5. The number of rotatable bonds is 21. The number of unbranched alkanes of at least 4 members (excludes halogenated alkanes) is 9. The van der Waals surface area contributed by atoms with Crippen LogP contribution in [0.4, 0.5) is 0 Å². The van der Waals surface area contributed by atoms with Crippen molar-refractivity contribution in [2.75, 3.05) is 19.8 Å². The van der Waals surface area contributed by atoms with Crippen LogP contribution in [-0.2, 0) is 11.2 Å². The van der Waals surface area contributed by atoms with Crippen LogP contribution in [0.15, 0.2) is 36.7 Å². The van der Waals surface area contributed by atoms with Crippen molar-refractivity contribution in [2.45, 2.75) is 110 Å². The molecule has 1 aliphatic rings. The predicted octanol–water partition coefficient (Wildman–Crippen LogP) is 8.58. The maximum atomic E-state index is 5.90. The van der Waals surface area contributed by atoms with Gasteiger partial charge in [-0.3, -0.25) is 0 Å². The fourth-order valence-corrected chi connectivity index (χ4v) is 4.44. The van der Waals surface area contributed by atoms with Crippen molar-refractivity contribution in [3.05, 3.63) is 42.2 Å². The van der Waals surface area contributed by atoms with Gasteiger partial charge in [-0.2, -0.15) is 0 Å². The molecule has 2 aromatic rings. The quantitative estimate of drug-likeness (QED) is 0.168. The lowest BCUT2D eigenvalue weighted by Crippen LogP contribution is -2.02. The van der Waals surface area contributed by atoms with Gasteiger partial charge in [-0.05, 0) is 67.9 Å². The van der Waals surface area contributed by atoms with Gasteiger partial charge in [0.1, 0.15) is 5.75 Å². The van der Waals surface area contributed by atoms with E-state index in [1.165, 1.54) is 89.0 Å². The SMILES string of the molecule is CCCCCCCCc1cnc(-c2ccc(OCCCCOCCCCCCC3CC3)cc2)nc1. The molecule has 3 rings (SSSR count). The minimum atomic E-state index is 0.730. The molecule has 0 spiro atoms. The van der Waals surface area contributed by atoms with Crippen LogP contribution >= 0.6 is 0 Å². The summed E-state index contributed by atoms with van der Waals surface area (Å²) >= 11 is 0. The number of hydrogen-bond donors (Lipinski definition) is 0. The molecule has 1 aliphatic carbocycles. The maximum Gasteiger partial charge on any atom is 0.159 e. The van der Waals surface area contributed by atoms with E-state index in [0.29, 0.717) is 0 Å². The number of aromatic nitrogens is 2. The van der Waals surface area contributed by atoms with Crippen LogP contribution in [0.2, 0.25) is 0 Å². The molecule has 1 fully saturated rings. The highest BCUT2D eigenvalue weighted by Crippen LogP contribution is 2.34. The lowest BCUT2D eigenvalue weighted by Gasteiger charge is -2.08. The van der Waals surface area contributed by atoms with Gasteiger partial charge in [0.05, 0.1) is 6.61 Å². The molecule has 1 saturated carbocycles. The van der Waals surface area contributed by atoms with Crippen molar-refractivity contribution >= 4 is 0 Å². The predicted molar refractivity (Wildman–Crippen MR) is 146 cm³/mol. The standard InChI is InChI=1S/C31H48N2O2/c1-2-3-4-5-6-10-15-28-25-32-31(33-26-28)29-18-20-30(21-19-29)35-24-13-12-23-34-22-11-8-7-9-14-27-16-17-27/h18-21,25-27H,2-17,22-24H2,1H3. The molecule has 1 heterocycles. The molecule has 194 valence electrons. The van der Waals surface area contributed by atoms with E-state index in [4.69, 9.17) is 9.47 Å². The molecule has 4 heteroatoms. The summed E-state index contributed by atoms with van der Waals surface area (Å²) in [5.74, 6) is 2.76. The molecule has 0 unspecified atom stereocenters. The van der Waals surface area contributed by atoms with Crippen LogP contribution in [0, 0.1) is 5.92 Å². The Labute approximate surface area is 214 Å². The highest BCUT2D eigenvalue weighted by Gasteiger charge is 2.19. The van der Waals surface area contributed by atoms with Crippen LogP contribution in [-0.4, -0.2) is 29.8 Å². The van der Waals surface area contributed by atoms with Gasteiger partial charge in [-0.1, -0.05) is 77.6 Å². The average molecular weight is 481 g/mol. The summed E-state index contributed by atoms with van der Waals surface area (Å²) in [5, 5.41) is 0. The van der Waals surface area contributed by atoms with Crippen molar-refractivity contribution in [1.82, 2.24) is 9.97 Å². The van der Waals surface area contributed by atoms with Crippen molar-refractivity contribution in [3.8, 4) is 17.1 Å². The molecule has 1 aromatic heterocycles. The van der Waals surface area contributed by atoms with E-state index in [9.17, 15) is 0 Å². The molecule has 0 N–H and O–H groups in total. The van der Waals surface area contributed by atoms with Gasteiger partial charge in [0, 0.05) is 31.2 Å². The van der Waals surface area contributed by atoms with Crippen molar-refractivity contribution < 1.29 is 9.47 Å². The molecule has 0 atom stereocenters. The lowest BCUT2D eigenvalue weighted by atomic mass is 10.1. The summed E-state index contributed by atoms with van der Waals surface area (Å²) in [6, 6.07) is 8.13. The van der Waals surface area contributed by atoms with Crippen LogP contribution in [0.25, 0.3) is 11.4 Å². The Kier molecular flexibility index (Phi) is 13.8. The molecule has 4 nitrogen and oxygen atoms in total. The summed E-state index contributed by atoms with van der Waals surface area (Å²) < 4.78 is 11.7. The Morgan fingerprint density at radius 1 is 0.714 bits per heavy atom. The van der Waals surface area contributed by atoms with Gasteiger partial charge in [-0.25, -0.2) is 9.97 Å². The molecule has 0 amide bonds. The summed E-state index contributed by atoms with van der Waals surface area (Å²) in [6.45, 7) is 4.74. The number of hydrogen-bond acceptors (Lipinski definition) is 4. The van der Waals surface area contributed by atoms with Gasteiger partial charge in [-0.15, -0.1) is 0 Å². The first-order valence-electron chi connectivity index (χ1n) is 14.5. The Morgan fingerprint density at radius 2 is 1.34 bits per heavy atom. The second-order valence-electron chi connectivity index (χ2n) is 10.3. The Hall–Kier alpha value is -1.94. The third-order valence-corrected chi connectivity index (χ3v) is 6.94. The Balaban J connectivity index is 1.19. The molecule has 0 aliphatic heterocycles. The monoisotopic (exact) mass is 480 g/mol. The molecular weight excluding hydrogens is 432 g/mol. The van der Waals surface area contributed by atoms with E-state index in [-0.39, 0.29) is 0 Å². The van der Waals surface area contributed by atoms with Gasteiger partial charge in [0.2, 0.25) is 0 Å². The third-order valence-electron chi connectivity index (χ3n) is 6.94. The first kappa shape index (κ1) is 27.6. The minimum Gasteiger partial charge on any atom is -0.494 e. The van der Waals surface area contributed by atoms with E-state index < -0.39 is 0 Å². The normalized spacial score (nSPS) is 13.3. The summed E-state index contributed by atoms with van der Waals surface area (Å²) in [5.41, 5.74) is 2.27. The number of aryl methyl sites for hydroxylation is 1. The zero-order valence-electron chi connectivity index (χ0n) is 22.2. The van der Waals surface area contributed by atoms with Crippen molar-refractivity contribution in [2.24, 2.45) is 5.92 Å².